The first-order valence-electron chi connectivity index (χ1n) is 10.1. The molecular formula is C22H29N3O2. The Labute approximate surface area is 161 Å². The summed E-state index contributed by atoms with van der Waals surface area (Å²) in [6.07, 6.45) is 7.26. The number of rotatable bonds is 5. The van der Waals surface area contributed by atoms with Gasteiger partial charge in [0.05, 0.1) is 6.07 Å². The molecule has 0 aromatic heterocycles. The monoisotopic (exact) mass is 367 g/mol. The lowest BCUT2D eigenvalue weighted by Crippen LogP contribution is -2.52. The minimum Gasteiger partial charge on any atom is -0.333 e. The van der Waals surface area contributed by atoms with Crippen molar-refractivity contribution in [1.82, 2.24) is 9.80 Å². The molecule has 0 bridgehead atoms. The van der Waals surface area contributed by atoms with Crippen LogP contribution in [-0.2, 0) is 16.0 Å². The molecule has 3 rings (SSSR count). The van der Waals surface area contributed by atoms with Crippen molar-refractivity contribution in [3.63, 3.8) is 0 Å². The topological polar surface area (TPSA) is 64.4 Å². The van der Waals surface area contributed by atoms with Gasteiger partial charge in [0.2, 0.25) is 11.8 Å². The fourth-order valence-electron chi connectivity index (χ4n) is 4.37. The second-order valence-electron chi connectivity index (χ2n) is 7.81. The minimum atomic E-state index is -0.546. The van der Waals surface area contributed by atoms with Gasteiger partial charge in [-0.05, 0) is 31.2 Å². The largest absolute Gasteiger partial charge is 0.333 e. The van der Waals surface area contributed by atoms with Crippen LogP contribution in [0.4, 0.5) is 0 Å². The van der Waals surface area contributed by atoms with Gasteiger partial charge in [-0.3, -0.25) is 9.59 Å². The first-order chi connectivity index (χ1) is 13.1. The molecule has 0 N–H and O–H groups in total. The summed E-state index contributed by atoms with van der Waals surface area (Å²) in [7, 11) is 1.76. The van der Waals surface area contributed by atoms with Gasteiger partial charge in [0.25, 0.3) is 0 Å². The third kappa shape index (κ3) is 4.50. The molecule has 1 aliphatic heterocycles. The molecule has 0 spiro atoms. The molecule has 5 heteroatoms. The summed E-state index contributed by atoms with van der Waals surface area (Å²) in [4.78, 5) is 29.8. The van der Waals surface area contributed by atoms with Crippen LogP contribution in [0.25, 0.3) is 0 Å². The average Bonchev–Trinajstić information content (AvgIpc) is 3.21. The summed E-state index contributed by atoms with van der Waals surface area (Å²) in [6, 6.07) is 11.2. The second kappa shape index (κ2) is 9.03. The number of likely N-dealkylation sites (N-methyl/N-ethyl adjacent to an activating group) is 1. The van der Waals surface area contributed by atoms with Crippen molar-refractivity contribution in [2.24, 2.45) is 5.92 Å². The highest BCUT2D eigenvalue weighted by molar-refractivity contribution is 5.89. The molecule has 1 aromatic rings. The molecule has 2 aliphatic rings. The van der Waals surface area contributed by atoms with Gasteiger partial charge in [-0.2, -0.15) is 5.26 Å². The molecule has 0 radical (unpaired) electrons. The zero-order chi connectivity index (χ0) is 19.2. The maximum Gasteiger partial charge on any atom is 0.246 e. The van der Waals surface area contributed by atoms with Crippen LogP contribution < -0.4 is 0 Å². The molecule has 2 amide bonds. The van der Waals surface area contributed by atoms with Crippen LogP contribution in [0.3, 0.4) is 0 Å². The number of likely N-dealkylation sites (tertiary alicyclic amines) is 1. The smallest absolute Gasteiger partial charge is 0.246 e. The summed E-state index contributed by atoms with van der Waals surface area (Å²) in [5.74, 6) is 0.0198. The molecule has 0 unspecified atom stereocenters. The number of nitrogens with zero attached hydrogens (tertiary/aromatic N) is 3. The van der Waals surface area contributed by atoms with E-state index in [2.05, 4.69) is 6.07 Å². The first-order valence-corrected chi connectivity index (χ1v) is 10.1. The zero-order valence-corrected chi connectivity index (χ0v) is 16.1. The van der Waals surface area contributed by atoms with Gasteiger partial charge in [-0.15, -0.1) is 0 Å². The number of hydrogen-bond acceptors (Lipinski definition) is 3. The predicted octanol–water partition coefficient (Wildman–Crippen LogP) is 3.15. The summed E-state index contributed by atoms with van der Waals surface area (Å²) in [6.45, 7) is 0.605. The van der Waals surface area contributed by atoms with E-state index in [0.29, 0.717) is 13.0 Å². The Balaban J connectivity index is 1.81. The van der Waals surface area contributed by atoms with E-state index in [1.54, 1.807) is 16.8 Å². The molecule has 1 saturated carbocycles. The lowest BCUT2D eigenvalue weighted by molar-refractivity contribution is -0.147. The lowest BCUT2D eigenvalue weighted by atomic mass is 9.87. The van der Waals surface area contributed by atoms with E-state index in [1.807, 2.05) is 30.3 Å². The number of nitriles is 1. The highest BCUT2D eigenvalue weighted by Crippen LogP contribution is 2.27. The standard InChI is InChI=1S/C22H29N3O2/c1-24(21(26)18-11-6-3-7-12-18)20(15-17-9-4-2-5-10-17)22(27)25-14-8-13-19(25)16-23/h2,4-5,9-10,18-20H,3,6-8,11-15H2,1H3/t19-,20-/m0/s1. The molecule has 27 heavy (non-hydrogen) atoms. The van der Waals surface area contributed by atoms with E-state index >= 15 is 0 Å². The third-order valence-corrected chi connectivity index (χ3v) is 6.01. The molecule has 2 atom stereocenters. The molecule has 2 fully saturated rings. The summed E-state index contributed by atoms with van der Waals surface area (Å²) >= 11 is 0. The molecule has 1 aliphatic carbocycles. The van der Waals surface area contributed by atoms with Crippen molar-refractivity contribution in [1.29, 1.82) is 5.26 Å². The lowest BCUT2D eigenvalue weighted by Gasteiger charge is -2.34. The Morgan fingerprint density at radius 3 is 2.52 bits per heavy atom. The van der Waals surface area contributed by atoms with Gasteiger partial charge >= 0.3 is 0 Å². The van der Waals surface area contributed by atoms with E-state index in [-0.39, 0.29) is 23.8 Å². The Hall–Kier alpha value is -2.35. The Morgan fingerprint density at radius 1 is 1.15 bits per heavy atom. The maximum absolute atomic E-state index is 13.3. The zero-order valence-electron chi connectivity index (χ0n) is 16.1. The SMILES string of the molecule is CN(C(=O)C1CCCCC1)[C@@H](Cc1ccccc1)C(=O)N1CCC[C@H]1C#N. The number of benzene rings is 1. The third-order valence-electron chi connectivity index (χ3n) is 6.01. The molecular weight excluding hydrogens is 338 g/mol. The molecule has 5 nitrogen and oxygen atoms in total. The van der Waals surface area contributed by atoms with Gasteiger partial charge in [0.1, 0.15) is 12.1 Å². The Morgan fingerprint density at radius 2 is 1.85 bits per heavy atom. The van der Waals surface area contributed by atoms with Crippen LogP contribution in [0, 0.1) is 17.2 Å². The molecule has 1 saturated heterocycles. The number of amides is 2. The fourth-order valence-corrected chi connectivity index (χ4v) is 4.37. The summed E-state index contributed by atoms with van der Waals surface area (Å²) in [5.41, 5.74) is 1.03. The highest BCUT2D eigenvalue weighted by atomic mass is 16.2. The maximum atomic E-state index is 13.3. The van der Waals surface area contributed by atoms with Crippen LogP contribution in [0.15, 0.2) is 30.3 Å². The predicted molar refractivity (Wildman–Crippen MR) is 104 cm³/mol. The van der Waals surface area contributed by atoms with Crippen molar-refractivity contribution in [3.05, 3.63) is 35.9 Å². The quantitative estimate of drug-likeness (QED) is 0.803. The van der Waals surface area contributed by atoms with Gasteiger partial charge in [-0.1, -0.05) is 49.6 Å². The van der Waals surface area contributed by atoms with Crippen molar-refractivity contribution in [2.45, 2.75) is 63.5 Å². The van der Waals surface area contributed by atoms with Crippen LogP contribution in [0.5, 0.6) is 0 Å². The van der Waals surface area contributed by atoms with Crippen molar-refractivity contribution in [2.75, 3.05) is 13.6 Å². The number of hydrogen-bond donors (Lipinski definition) is 0. The molecule has 1 heterocycles. The molecule has 1 aromatic carbocycles. The van der Waals surface area contributed by atoms with Crippen molar-refractivity contribution < 1.29 is 9.59 Å². The van der Waals surface area contributed by atoms with Crippen molar-refractivity contribution in [3.8, 4) is 6.07 Å². The Bertz CT molecular complexity index is 691. The summed E-state index contributed by atoms with van der Waals surface area (Å²) < 4.78 is 0. The highest BCUT2D eigenvalue weighted by Gasteiger charge is 2.38. The molecule has 144 valence electrons. The van der Waals surface area contributed by atoms with E-state index < -0.39 is 6.04 Å². The van der Waals surface area contributed by atoms with Gasteiger partial charge in [0.15, 0.2) is 0 Å². The normalized spacial score (nSPS) is 21.5. The van der Waals surface area contributed by atoms with Gasteiger partial charge < -0.3 is 9.80 Å². The van der Waals surface area contributed by atoms with Crippen molar-refractivity contribution >= 4 is 11.8 Å². The van der Waals surface area contributed by atoms with E-state index in [1.165, 1.54) is 6.42 Å². The van der Waals surface area contributed by atoms with Crippen LogP contribution in [0.2, 0.25) is 0 Å². The Kier molecular flexibility index (Phi) is 6.49. The van der Waals surface area contributed by atoms with Gasteiger partial charge in [0, 0.05) is 25.9 Å². The minimum absolute atomic E-state index is 0.0279. The van der Waals surface area contributed by atoms with Crippen LogP contribution in [0.1, 0.15) is 50.5 Å². The first kappa shape index (κ1) is 19.4. The van der Waals surface area contributed by atoms with Crippen LogP contribution >= 0.6 is 0 Å². The van der Waals surface area contributed by atoms with E-state index in [9.17, 15) is 14.9 Å². The number of carbonyl (C=O) groups is 2. The fraction of sp³-hybridized carbons (Fsp3) is 0.591. The van der Waals surface area contributed by atoms with E-state index in [4.69, 9.17) is 0 Å². The van der Waals surface area contributed by atoms with Gasteiger partial charge in [-0.25, -0.2) is 0 Å². The number of carbonyl (C=O) groups excluding carboxylic acids is 2. The second-order valence-corrected chi connectivity index (χ2v) is 7.81. The summed E-state index contributed by atoms with van der Waals surface area (Å²) in [5, 5.41) is 9.38. The average molecular weight is 367 g/mol. The van der Waals surface area contributed by atoms with Crippen LogP contribution in [-0.4, -0.2) is 47.3 Å². The van der Waals surface area contributed by atoms with E-state index in [0.717, 1.165) is 44.1 Å².